The lowest BCUT2D eigenvalue weighted by Gasteiger charge is -2.12. The number of hydrogen-bond donors (Lipinski definition) is 1. The van der Waals surface area contributed by atoms with Crippen LogP contribution >= 0.6 is 11.6 Å². The van der Waals surface area contributed by atoms with Gasteiger partial charge in [-0.15, -0.1) is 11.6 Å². The van der Waals surface area contributed by atoms with E-state index in [2.05, 4.69) is 5.32 Å². The van der Waals surface area contributed by atoms with E-state index in [1.54, 1.807) is 0 Å². The molecule has 1 rings (SSSR count). The van der Waals surface area contributed by atoms with Crippen LogP contribution in [0.5, 0.6) is 0 Å². The summed E-state index contributed by atoms with van der Waals surface area (Å²) in [6.07, 6.45) is 1.85. The standard InChI is InChI=1S/C12H16ClNO/c1-10(6-5-9-13)14-12(15)11-7-3-2-4-8-11/h2-4,7-8,10H,5-6,9H2,1H3,(H,14,15). The molecule has 0 aliphatic carbocycles. The highest BCUT2D eigenvalue weighted by molar-refractivity contribution is 6.17. The van der Waals surface area contributed by atoms with Crippen LogP contribution in [-0.2, 0) is 0 Å². The van der Waals surface area contributed by atoms with Crippen molar-refractivity contribution in [1.82, 2.24) is 5.32 Å². The fraction of sp³-hybridized carbons (Fsp3) is 0.417. The molecule has 1 unspecified atom stereocenters. The predicted molar refractivity (Wildman–Crippen MR) is 63.3 cm³/mol. The molecule has 0 spiro atoms. The first-order valence-corrected chi connectivity index (χ1v) is 5.69. The molecule has 1 amide bonds. The Morgan fingerprint density at radius 1 is 1.40 bits per heavy atom. The van der Waals surface area contributed by atoms with Crippen LogP contribution in [-0.4, -0.2) is 17.8 Å². The molecule has 1 aromatic rings. The smallest absolute Gasteiger partial charge is 0.251 e. The summed E-state index contributed by atoms with van der Waals surface area (Å²) in [5.74, 6) is 0.628. The lowest BCUT2D eigenvalue weighted by molar-refractivity contribution is 0.0938. The molecule has 0 bridgehead atoms. The van der Waals surface area contributed by atoms with Gasteiger partial charge in [0.05, 0.1) is 0 Å². The molecule has 2 nitrogen and oxygen atoms in total. The van der Waals surface area contributed by atoms with Gasteiger partial charge in [-0.25, -0.2) is 0 Å². The highest BCUT2D eigenvalue weighted by atomic mass is 35.5. The second kappa shape index (κ2) is 6.46. The molecule has 82 valence electrons. The van der Waals surface area contributed by atoms with Crippen molar-refractivity contribution in [3.05, 3.63) is 35.9 Å². The van der Waals surface area contributed by atoms with Gasteiger partial charge >= 0.3 is 0 Å². The summed E-state index contributed by atoms with van der Waals surface area (Å²) in [5, 5.41) is 2.93. The number of carbonyl (C=O) groups is 1. The summed E-state index contributed by atoms with van der Waals surface area (Å²) < 4.78 is 0. The number of nitrogens with one attached hydrogen (secondary N) is 1. The Morgan fingerprint density at radius 2 is 2.07 bits per heavy atom. The molecule has 0 saturated carbocycles. The Kier molecular flexibility index (Phi) is 5.19. The zero-order valence-corrected chi connectivity index (χ0v) is 9.63. The van der Waals surface area contributed by atoms with Crippen molar-refractivity contribution < 1.29 is 4.79 Å². The number of alkyl halides is 1. The van der Waals surface area contributed by atoms with Crippen molar-refractivity contribution in [2.45, 2.75) is 25.8 Å². The number of hydrogen-bond acceptors (Lipinski definition) is 1. The predicted octanol–water partition coefficient (Wildman–Crippen LogP) is 2.82. The van der Waals surface area contributed by atoms with Crippen molar-refractivity contribution in [3.8, 4) is 0 Å². The van der Waals surface area contributed by atoms with Gasteiger partial charge in [-0.1, -0.05) is 18.2 Å². The van der Waals surface area contributed by atoms with Gasteiger partial charge in [0, 0.05) is 17.5 Å². The summed E-state index contributed by atoms with van der Waals surface area (Å²) in [6, 6.07) is 9.41. The molecular formula is C12H16ClNO. The Bertz CT molecular complexity index is 300. The molecule has 0 aromatic heterocycles. The molecule has 1 N–H and O–H groups in total. The number of rotatable bonds is 5. The van der Waals surface area contributed by atoms with E-state index < -0.39 is 0 Å². The van der Waals surface area contributed by atoms with Gasteiger partial charge in [-0.05, 0) is 31.9 Å². The van der Waals surface area contributed by atoms with E-state index in [0.717, 1.165) is 12.8 Å². The van der Waals surface area contributed by atoms with Crippen LogP contribution in [0.4, 0.5) is 0 Å². The van der Waals surface area contributed by atoms with Gasteiger partial charge < -0.3 is 5.32 Å². The summed E-state index contributed by atoms with van der Waals surface area (Å²) in [7, 11) is 0. The minimum Gasteiger partial charge on any atom is -0.350 e. The summed E-state index contributed by atoms with van der Waals surface area (Å²) in [6.45, 7) is 1.99. The fourth-order valence-corrected chi connectivity index (χ4v) is 1.51. The number of carbonyl (C=O) groups excluding carboxylic acids is 1. The molecule has 1 atom stereocenters. The maximum Gasteiger partial charge on any atom is 0.251 e. The van der Waals surface area contributed by atoms with Gasteiger partial charge in [0.25, 0.3) is 5.91 Å². The Labute approximate surface area is 95.6 Å². The van der Waals surface area contributed by atoms with E-state index >= 15 is 0 Å². The fourth-order valence-electron chi connectivity index (χ4n) is 1.35. The second-order valence-corrected chi connectivity index (χ2v) is 3.95. The minimum absolute atomic E-state index is 0.0160. The van der Waals surface area contributed by atoms with Crippen molar-refractivity contribution in [2.24, 2.45) is 0 Å². The number of benzene rings is 1. The first-order valence-electron chi connectivity index (χ1n) is 5.16. The Balaban J connectivity index is 2.42. The van der Waals surface area contributed by atoms with Crippen molar-refractivity contribution in [2.75, 3.05) is 5.88 Å². The maximum absolute atomic E-state index is 11.7. The first-order chi connectivity index (χ1) is 7.24. The van der Waals surface area contributed by atoms with E-state index in [0.29, 0.717) is 11.4 Å². The molecule has 3 heteroatoms. The molecular weight excluding hydrogens is 210 g/mol. The van der Waals surface area contributed by atoms with Crippen LogP contribution in [0.2, 0.25) is 0 Å². The summed E-state index contributed by atoms with van der Waals surface area (Å²) in [4.78, 5) is 11.7. The van der Waals surface area contributed by atoms with Gasteiger partial charge in [0.1, 0.15) is 0 Å². The number of amides is 1. The zero-order chi connectivity index (χ0) is 11.1. The van der Waals surface area contributed by atoms with Gasteiger partial charge in [0.2, 0.25) is 0 Å². The average Bonchev–Trinajstić information content (AvgIpc) is 2.27. The van der Waals surface area contributed by atoms with E-state index in [1.807, 2.05) is 37.3 Å². The molecule has 1 aromatic carbocycles. The Morgan fingerprint density at radius 3 is 2.67 bits per heavy atom. The summed E-state index contributed by atoms with van der Waals surface area (Å²) >= 11 is 5.59. The van der Waals surface area contributed by atoms with Crippen molar-refractivity contribution in [3.63, 3.8) is 0 Å². The molecule has 0 radical (unpaired) electrons. The van der Waals surface area contributed by atoms with Gasteiger partial charge in [-0.2, -0.15) is 0 Å². The topological polar surface area (TPSA) is 29.1 Å². The quantitative estimate of drug-likeness (QED) is 0.768. The third-order valence-electron chi connectivity index (χ3n) is 2.18. The van der Waals surface area contributed by atoms with Crippen LogP contribution in [0.15, 0.2) is 30.3 Å². The second-order valence-electron chi connectivity index (χ2n) is 3.57. The highest BCUT2D eigenvalue weighted by Crippen LogP contribution is 2.02. The van der Waals surface area contributed by atoms with E-state index in [4.69, 9.17) is 11.6 Å². The highest BCUT2D eigenvalue weighted by Gasteiger charge is 2.08. The molecule has 0 aliphatic rings. The minimum atomic E-state index is -0.0160. The van der Waals surface area contributed by atoms with Crippen molar-refractivity contribution >= 4 is 17.5 Å². The lowest BCUT2D eigenvalue weighted by Crippen LogP contribution is -2.32. The van der Waals surface area contributed by atoms with Crippen molar-refractivity contribution in [1.29, 1.82) is 0 Å². The molecule has 0 saturated heterocycles. The average molecular weight is 226 g/mol. The summed E-state index contributed by atoms with van der Waals surface area (Å²) in [5.41, 5.74) is 0.704. The molecule has 15 heavy (non-hydrogen) atoms. The van der Waals surface area contributed by atoms with E-state index in [-0.39, 0.29) is 11.9 Å². The first kappa shape index (κ1) is 12.1. The van der Waals surface area contributed by atoms with Gasteiger partial charge in [0.15, 0.2) is 0 Å². The van der Waals surface area contributed by atoms with Gasteiger partial charge in [-0.3, -0.25) is 4.79 Å². The van der Waals surface area contributed by atoms with Crippen LogP contribution in [0, 0.1) is 0 Å². The van der Waals surface area contributed by atoms with Crippen LogP contribution < -0.4 is 5.32 Å². The Hall–Kier alpha value is -1.02. The number of halogens is 1. The third kappa shape index (κ3) is 4.34. The van der Waals surface area contributed by atoms with Crippen LogP contribution in [0.1, 0.15) is 30.1 Å². The maximum atomic E-state index is 11.7. The third-order valence-corrected chi connectivity index (χ3v) is 2.45. The SMILES string of the molecule is CC(CCCCl)NC(=O)c1ccccc1. The molecule has 0 heterocycles. The largest absolute Gasteiger partial charge is 0.350 e. The van der Waals surface area contributed by atoms with Crippen LogP contribution in [0.25, 0.3) is 0 Å². The lowest BCUT2D eigenvalue weighted by atomic mass is 10.1. The zero-order valence-electron chi connectivity index (χ0n) is 8.87. The molecule has 0 fully saturated rings. The van der Waals surface area contributed by atoms with E-state index in [1.165, 1.54) is 0 Å². The van der Waals surface area contributed by atoms with E-state index in [9.17, 15) is 4.79 Å². The molecule has 0 aliphatic heterocycles. The normalized spacial score (nSPS) is 12.1. The monoisotopic (exact) mass is 225 g/mol. The van der Waals surface area contributed by atoms with Crippen LogP contribution in [0.3, 0.4) is 0 Å².